The van der Waals surface area contributed by atoms with Crippen molar-refractivity contribution >= 4 is 52.3 Å². The molecule has 13 heteroatoms. The molecule has 2 aliphatic carbocycles. The SMILES string of the molecule is CCOC(=O)c1ccc(N2C(=O)[C@H]3[C@H]4C[C@@H]([C@@H]3C2=O)[C@H]2[C@H](c3cc([N+](=O)[O-])ccc3OCc3ccccc3C)c3sc(=O)[nH]c3S[C@H]42)cc1. The van der Waals surface area contributed by atoms with Gasteiger partial charge in [0.1, 0.15) is 12.4 Å². The van der Waals surface area contributed by atoms with E-state index < -0.39 is 28.6 Å². The van der Waals surface area contributed by atoms with Crippen molar-refractivity contribution in [3.8, 4) is 5.75 Å². The number of nitro groups is 1. The first-order valence-corrected chi connectivity index (χ1v) is 17.9. The van der Waals surface area contributed by atoms with Crippen LogP contribution in [0.3, 0.4) is 0 Å². The predicted molar refractivity (Wildman–Crippen MR) is 182 cm³/mol. The summed E-state index contributed by atoms with van der Waals surface area (Å²) in [6.45, 7) is 4.19. The Morgan fingerprint density at radius 3 is 2.47 bits per heavy atom. The molecule has 2 bridgehead atoms. The first kappa shape index (κ1) is 31.5. The highest BCUT2D eigenvalue weighted by atomic mass is 32.2. The van der Waals surface area contributed by atoms with Crippen LogP contribution in [0.2, 0.25) is 0 Å². The van der Waals surface area contributed by atoms with Gasteiger partial charge in [-0.05, 0) is 79.5 Å². The Morgan fingerprint density at radius 2 is 1.76 bits per heavy atom. The molecule has 2 aliphatic heterocycles. The maximum absolute atomic E-state index is 14.2. The van der Waals surface area contributed by atoms with Gasteiger partial charge in [-0.25, -0.2) is 4.79 Å². The highest BCUT2D eigenvalue weighted by Gasteiger charge is 2.70. The molecule has 4 aromatic rings. The van der Waals surface area contributed by atoms with E-state index in [1.54, 1.807) is 55.1 Å². The van der Waals surface area contributed by atoms with Gasteiger partial charge in [0.15, 0.2) is 0 Å². The molecule has 49 heavy (non-hydrogen) atoms. The van der Waals surface area contributed by atoms with Crippen molar-refractivity contribution in [2.24, 2.45) is 29.6 Å². The molecular formula is C36H31N3O8S2. The van der Waals surface area contributed by atoms with Gasteiger partial charge in [0.25, 0.3) is 5.69 Å². The quantitative estimate of drug-likeness (QED) is 0.1000. The number of aromatic nitrogens is 1. The third-order valence-electron chi connectivity index (χ3n) is 10.5. The number of nitrogens with one attached hydrogen (secondary N) is 1. The number of aryl methyl sites for hydroxylation is 1. The van der Waals surface area contributed by atoms with Gasteiger partial charge in [0, 0.05) is 33.7 Å². The van der Waals surface area contributed by atoms with Gasteiger partial charge < -0.3 is 14.5 Å². The maximum atomic E-state index is 14.2. The van der Waals surface area contributed by atoms with E-state index in [2.05, 4.69) is 4.98 Å². The Labute approximate surface area is 288 Å². The highest BCUT2D eigenvalue weighted by Crippen LogP contribution is 2.69. The van der Waals surface area contributed by atoms with E-state index in [1.807, 2.05) is 31.2 Å². The summed E-state index contributed by atoms with van der Waals surface area (Å²) in [7, 11) is 0. The first-order valence-electron chi connectivity index (χ1n) is 16.2. The number of hydrogen-bond acceptors (Lipinski definition) is 10. The van der Waals surface area contributed by atoms with E-state index in [0.29, 0.717) is 34.0 Å². The molecule has 11 nitrogen and oxygen atoms in total. The van der Waals surface area contributed by atoms with Gasteiger partial charge >= 0.3 is 10.8 Å². The lowest BCUT2D eigenvalue weighted by molar-refractivity contribution is -0.385. The van der Waals surface area contributed by atoms with Crippen LogP contribution in [-0.4, -0.2) is 39.5 Å². The van der Waals surface area contributed by atoms with Crippen molar-refractivity contribution in [1.82, 2.24) is 4.98 Å². The molecule has 8 rings (SSSR count). The van der Waals surface area contributed by atoms with Gasteiger partial charge in [-0.15, -0.1) is 11.8 Å². The number of H-pyrrole nitrogens is 1. The second-order valence-electron chi connectivity index (χ2n) is 12.9. The van der Waals surface area contributed by atoms with Crippen LogP contribution in [0, 0.1) is 46.6 Å². The molecule has 0 spiro atoms. The van der Waals surface area contributed by atoms with Crippen LogP contribution in [0.15, 0.2) is 76.6 Å². The molecule has 2 amide bonds. The second-order valence-corrected chi connectivity index (χ2v) is 15.1. The minimum absolute atomic E-state index is 0.0944. The fourth-order valence-electron chi connectivity index (χ4n) is 8.53. The van der Waals surface area contributed by atoms with E-state index in [1.165, 1.54) is 11.0 Å². The zero-order valence-electron chi connectivity index (χ0n) is 26.5. The number of hydrogen-bond donors (Lipinski definition) is 1. The number of anilines is 1. The Bertz CT molecular complexity index is 2090. The second kappa shape index (κ2) is 12.0. The molecule has 7 atom stereocenters. The third-order valence-corrected chi connectivity index (χ3v) is 13.1. The van der Waals surface area contributed by atoms with Crippen LogP contribution in [0.25, 0.3) is 0 Å². The van der Waals surface area contributed by atoms with Gasteiger partial charge in [-0.1, -0.05) is 35.6 Å². The summed E-state index contributed by atoms with van der Waals surface area (Å²) in [6.07, 6.45) is 0.661. The third kappa shape index (κ3) is 5.01. The van der Waals surface area contributed by atoms with Gasteiger partial charge in [0.2, 0.25) is 11.8 Å². The summed E-state index contributed by atoms with van der Waals surface area (Å²) in [5, 5.41) is 12.6. The molecular weight excluding hydrogens is 667 g/mol. The number of aromatic amines is 1. The first-order chi connectivity index (χ1) is 23.7. The summed E-state index contributed by atoms with van der Waals surface area (Å²) in [5.74, 6) is -2.62. The van der Waals surface area contributed by atoms with E-state index in [9.17, 15) is 29.3 Å². The van der Waals surface area contributed by atoms with Crippen molar-refractivity contribution in [3.63, 3.8) is 0 Å². The highest BCUT2D eigenvalue weighted by molar-refractivity contribution is 8.00. The number of carbonyl (C=O) groups excluding carboxylic acids is 3. The van der Waals surface area contributed by atoms with Gasteiger partial charge in [0.05, 0.1) is 39.6 Å². The van der Waals surface area contributed by atoms with E-state index in [4.69, 9.17) is 9.47 Å². The number of thioether (sulfide) groups is 1. The summed E-state index contributed by atoms with van der Waals surface area (Å²) in [6, 6.07) is 18.7. The lowest BCUT2D eigenvalue weighted by Gasteiger charge is -2.43. The number of thiazole rings is 1. The normalized spacial score (nSPS) is 26.3. The Morgan fingerprint density at radius 1 is 1.02 bits per heavy atom. The summed E-state index contributed by atoms with van der Waals surface area (Å²) >= 11 is 2.63. The number of nitrogens with zero attached hydrogens (tertiary/aromatic N) is 2. The average Bonchev–Trinajstić information content (AvgIpc) is 3.83. The fourth-order valence-corrected chi connectivity index (χ4v) is 11.4. The molecule has 4 aliphatic rings. The molecule has 0 radical (unpaired) electrons. The molecule has 0 unspecified atom stereocenters. The molecule has 1 aromatic heterocycles. The number of non-ortho nitro benzene ring substituents is 1. The zero-order valence-corrected chi connectivity index (χ0v) is 28.1. The van der Waals surface area contributed by atoms with Crippen molar-refractivity contribution in [1.29, 1.82) is 0 Å². The maximum Gasteiger partial charge on any atom is 0.338 e. The molecule has 2 saturated carbocycles. The van der Waals surface area contributed by atoms with Crippen LogP contribution in [0.1, 0.15) is 51.2 Å². The Hall–Kier alpha value is -4.75. The van der Waals surface area contributed by atoms with Crippen molar-refractivity contribution in [2.75, 3.05) is 11.5 Å². The van der Waals surface area contributed by atoms with Crippen molar-refractivity contribution in [2.45, 2.75) is 43.1 Å². The number of carbonyl (C=O) groups is 3. The zero-order chi connectivity index (χ0) is 34.1. The van der Waals surface area contributed by atoms with Gasteiger partial charge in [-0.3, -0.25) is 29.4 Å². The van der Waals surface area contributed by atoms with Gasteiger partial charge in [-0.2, -0.15) is 0 Å². The minimum atomic E-state index is -0.571. The number of amides is 2. The molecule has 3 aromatic carbocycles. The monoisotopic (exact) mass is 697 g/mol. The number of esters is 1. The van der Waals surface area contributed by atoms with Crippen LogP contribution >= 0.6 is 23.1 Å². The van der Waals surface area contributed by atoms with Crippen molar-refractivity contribution < 1.29 is 28.8 Å². The molecule has 3 heterocycles. The number of imide groups is 1. The molecule has 3 fully saturated rings. The number of fused-ring (bicyclic) bond motifs is 9. The standard InChI is InChI=1S/C36H31N3O8S2/c1-3-46-35(42)18-8-10-20(11-9-18)38-33(40)28-23-15-24(29(28)34(38)41)30-27(23)26(31-32(48-30)37-36(43)49-31)22-14-21(39(44)45)12-13-25(22)47-16-19-7-5-4-6-17(19)2/h4-14,23-24,26-30H,3,15-16H2,1-2H3,(H,37,43)/t23-,24-,26+,27+,28+,29+,30-/m1/s1. The fraction of sp³-hybridized carbons (Fsp3) is 0.333. The average molecular weight is 698 g/mol. The topological polar surface area (TPSA) is 149 Å². The lowest BCUT2D eigenvalue weighted by atomic mass is 9.68. The molecule has 1 saturated heterocycles. The number of rotatable bonds is 8. The van der Waals surface area contributed by atoms with E-state index >= 15 is 0 Å². The minimum Gasteiger partial charge on any atom is -0.489 e. The van der Waals surface area contributed by atoms with Crippen LogP contribution < -0.4 is 14.5 Å². The number of ether oxygens (including phenoxy) is 2. The van der Waals surface area contributed by atoms with E-state index in [0.717, 1.165) is 27.3 Å². The van der Waals surface area contributed by atoms with Crippen molar-refractivity contribution in [3.05, 3.63) is 114 Å². The summed E-state index contributed by atoms with van der Waals surface area (Å²) in [5.41, 5.74) is 3.26. The Kier molecular flexibility index (Phi) is 7.71. The number of benzene rings is 3. The Balaban J connectivity index is 1.18. The lowest BCUT2D eigenvalue weighted by Crippen LogP contribution is -2.42. The van der Waals surface area contributed by atoms with Crippen LogP contribution in [0.4, 0.5) is 11.4 Å². The largest absolute Gasteiger partial charge is 0.489 e. The summed E-state index contributed by atoms with van der Waals surface area (Å²) < 4.78 is 11.5. The molecule has 250 valence electrons. The number of nitro benzene ring substituents is 1. The summed E-state index contributed by atoms with van der Waals surface area (Å²) in [4.78, 5) is 69.7. The molecule has 1 N–H and O–H groups in total. The smallest absolute Gasteiger partial charge is 0.338 e. The van der Waals surface area contributed by atoms with E-state index in [-0.39, 0.29) is 58.6 Å². The van der Waals surface area contributed by atoms with Crippen LogP contribution in [-0.2, 0) is 20.9 Å². The van der Waals surface area contributed by atoms with Crippen LogP contribution in [0.5, 0.6) is 5.75 Å². The predicted octanol–water partition coefficient (Wildman–Crippen LogP) is 6.09.